The zero-order chi connectivity index (χ0) is 14.2. The third-order valence-electron chi connectivity index (χ3n) is 4.08. The Morgan fingerprint density at radius 3 is 3.15 bits per heavy atom. The van der Waals surface area contributed by atoms with Crippen LogP contribution < -0.4 is 5.32 Å². The van der Waals surface area contributed by atoms with Gasteiger partial charge in [-0.25, -0.2) is 0 Å². The highest BCUT2D eigenvalue weighted by molar-refractivity contribution is 9.10. The van der Waals surface area contributed by atoms with Crippen molar-refractivity contribution in [2.24, 2.45) is 10.9 Å². The van der Waals surface area contributed by atoms with Gasteiger partial charge in [-0.1, -0.05) is 49.2 Å². The summed E-state index contributed by atoms with van der Waals surface area (Å²) in [4.78, 5) is 5.00. The van der Waals surface area contributed by atoms with Crippen molar-refractivity contribution in [1.82, 2.24) is 0 Å². The minimum atomic E-state index is 0.176. The molecule has 0 radical (unpaired) electrons. The van der Waals surface area contributed by atoms with Crippen LogP contribution in [0.4, 0.5) is 5.69 Å². The van der Waals surface area contributed by atoms with Crippen LogP contribution in [0, 0.1) is 5.92 Å². The second-order valence-electron chi connectivity index (χ2n) is 5.86. The average molecular weight is 374 g/mol. The Balaban J connectivity index is 1.77. The van der Waals surface area contributed by atoms with Crippen molar-refractivity contribution in [3.8, 4) is 0 Å². The number of amidine groups is 1. The van der Waals surface area contributed by atoms with Crippen LogP contribution in [0.25, 0.3) is 0 Å². The van der Waals surface area contributed by atoms with Gasteiger partial charge in [0.15, 0.2) is 5.17 Å². The number of rotatable bonds is 1. The lowest BCUT2D eigenvalue weighted by Gasteiger charge is -2.33. The van der Waals surface area contributed by atoms with Gasteiger partial charge in [0.2, 0.25) is 0 Å². The van der Waals surface area contributed by atoms with Crippen molar-refractivity contribution >= 4 is 50.1 Å². The molecule has 1 aromatic rings. The van der Waals surface area contributed by atoms with E-state index in [1.165, 1.54) is 25.7 Å². The highest BCUT2D eigenvalue weighted by Gasteiger charge is 2.39. The van der Waals surface area contributed by atoms with Crippen molar-refractivity contribution in [1.29, 1.82) is 0 Å². The number of halogens is 2. The number of aliphatic imine (C=N–C) groups is 1. The first-order valence-electron chi connectivity index (χ1n) is 7.02. The van der Waals surface area contributed by atoms with E-state index in [0.717, 1.165) is 32.0 Å². The van der Waals surface area contributed by atoms with Gasteiger partial charge in [-0.15, -0.1) is 0 Å². The Morgan fingerprint density at radius 2 is 2.35 bits per heavy atom. The second-order valence-corrected chi connectivity index (χ2v) is 8.02. The molecule has 0 saturated heterocycles. The first-order valence-corrected chi connectivity index (χ1v) is 9.17. The van der Waals surface area contributed by atoms with E-state index in [1.54, 1.807) is 0 Å². The Bertz CT molecular complexity index is 549. The van der Waals surface area contributed by atoms with Crippen LogP contribution in [0.2, 0.25) is 5.02 Å². The first kappa shape index (κ1) is 14.7. The lowest BCUT2D eigenvalue weighted by atomic mass is 9.78. The molecule has 1 aromatic carbocycles. The van der Waals surface area contributed by atoms with Crippen LogP contribution >= 0.6 is 39.3 Å². The maximum atomic E-state index is 6.13. The number of anilines is 1. The van der Waals surface area contributed by atoms with Gasteiger partial charge < -0.3 is 5.32 Å². The van der Waals surface area contributed by atoms with E-state index in [2.05, 4.69) is 28.2 Å². The summed E-state index contributed by atoms with van der Waals surface area (Å²) in [5.41, 5.74) is 1.17. The summed E-state index contributed by atoms with van der Waals surface area (Å²) in [7, 11) is 0. The molecule has 2 nitrogen and oxygen atoms in total. The van der Waals surface area contributed by atoms with E-state index in [0.29, 0.717) is 0 Å². The zero-order valence-electron chi connectivity index (χ0n) is 11.5. The molecule has 1 heterocycles. The van der Waals surface area contributed by atoms with Crippen molar-refractivity contribution in [3.63, 3.8) is 0 Å². The Hall–Kier alpha value is -0.190. The molecule has 1 fully saturated rings. The maximum absolute atomic E-state index is 6.13. The molecule has 108 valence electrons. The summed E-state index contributed by atoms with van der Waals surface area (Å²) in [6, 6.07) is 5.85. The topological polar surface area (TPSA) is 24.4 Å². The molecule has 2 aliphatic rings. The Kier molecular flexibility index (Phi) is 4.34. The molecule has 3 rings (SSSR count). The van der Waals surface area contributed by atoms with Gasteiger partial charge in [0.25, 0.3) is 0 Å². The fraction of sp³-hybridized carbons (Fsp3) is 0.533. The molecular weight excluding hydrogens is 356 g/mol. The SMILES string of the molecule is CC1CCCC2(CSC(Nc3cccc(Cl)c3Br)=N2)C1. The maximum Gasteiger partial charge on any atom is 0.161 e. The zero-order valence-corrected chi connectivity index (χ0v) is 14.6. The highest BCUT2D eigenvalue weighted by atomic mass is 79.9. The molecule has 1 saturated carbocycles. The van der Waals surface area contributed by atoms with Gasteiger partial charge in [-0.3, -0.25) is 4.99 Å². The normalized spacial score (nSPS) is 29.6. The molecule has 0 aromatic heterocycles. The van der Waals surface area contributed by atoms with E-state index in [1.807, 2.05) is 30.0 Å². The van der Waals surface area contributed by atoms with E-state index >= 15 is 0 Å². The molecule has 1 spiro atoms. The number of benzene rings is 1. The number of hydrogen-bond donors (Lipinski definition) is 1. The predicted molar refractivity (Wildman–Crippen MR) is 93.0 cm³/mol. The van der Waals surface area contributed by atoms with E-state index in [4.69, 9.17) is 16.6 Å². The fourth-order valence-corrected chi connectivity index (χ4v) is 4.84. The summed E-state index contributed by atoms with van der Waals surface area (Å²) in [5, 5.41) is 5.17. The van der Waals surface area contributed by atoms with Crippen molar-refractivity contribution in [2.45, 2.75) is 38.1 Å². The van der Waals surface area contributed by atoms with Crippen LogP contribution in [0.15, 0.2) is 27.7 Å². The molecule has 2 atom stereocenters. The van der Waals surface area contributed by atoms with Crippen LogP contribution in [0.3, 0.4) is 0 Å². The van der Waals surface area contributed by atoms with E-state index in [9.17, 15) is 0 Å². The minimum Gasteiger partial charge on any atom is -0.334 e. The lowest BCUT2D eigenvalue weighted by Crippen LogP contribution is -2.33. The van der Waals surface area contributed by atoms with Crippen molar-refractivity contribution in [2.75, 3.05) is 11.1 Å². The Morgan fingerprint density at radius 1 is 1.50 bits per heavy atom. The standard InChI is InChI=1S/C15H18BrClN2S/c1-10-4-3-7-15(8-10)9-20-14(19-15)18-12-6-2-5-11(17)13(12)16/h2,5-6,10H,3-4,7-9H2,1H3,(H,18,19). The largest absolute Gasteiger partial charge is 0.334 e. The molecule has 0 bridgehead atoms. The second kappa shape index (κ2) is 5.90. The molecule has 2 unspecified atom stereocenters. The summed E-state index contributed by atoms with van der Waals surface area (Å²) in [6.07, 6.45) is 5.11. The number of nitrogens with zero attached hydrogens (tertiary/aromatic N) is 1. The van der Waals surface area contributed by atoms with Crippen molar-refractivity contribution < 1.29 is 0 Å². The third-order valence-corrected chi connectivity index (χ3v) is 6.62. The van der Waals surface area contributed by atoms with Gasteiger partial charge in [-0.05, 0) is 46.8 Å². The van der Waals surface area contributed by atoms with Gasteiger partial charge >= 0.3 is 0 Å². The Labute approximate surface area is 137 Å². The van der Waals surface area contributed by atoms with Crippen LogP contribution in [-0.4, -0.2) is 16.5 Å². The third kappa shape index (κ3) is 3.02. The quantitative estimate of drug-likeness (QED) is 0.696. The summed E-state index contributed by atoms with van der Waals surface area (Å²) < 4.78 is 0.905. The molecule has 1 aliphatic carbocycles. The molecule has 20 heavy (non-hydrogen) atoms. The first-order chi connectivity index (χ1) is 9.58. The predicted octanol–water partition coefficient (Wildman–Crippen LogP) is 5.57. The molecule has 5 heteroatoms. The van der Waals surface area contributed by atoms with Gasteiger partial charge in [0.1, 0.15) is 0 Å². The summed E-state index contributed by atoms with van der Waals surface area (Å²) >= 11 is 11.5. The van der Waals surface area contributed by atoms with Gasteiger partial charge in [-0.2, -0.15) is 0 Å². The average Bonchev–Trinajstić information content (AvgIpc) is 2.77. The summed E-state index contributed by atoms with van der Waals surface area (Å²) in [6.45, 7) is 2.35. The van der Waals surface area contributed by atoms with Crippen LogP contribution in [0.5, 0.6) is 0 Å². The smallest absolute Gasteiger partial charge is 0.161 e. The molecule has 0 amide bonds. The number of thioether (sulfide) groups is 1. The number of hydrogen-bond acceptors (Lipinski definition) is 3. The minimum absolute atomic E-state index is 0.176. The van der Waals surface area contributed by atoms with E-state index < -0.39 is 0 Å². The van der Waals surface area contributed by atoms with Crippen LogP contribution in [-0.2, 0) is 0 Å². The molecular formula is C15H18BrClN2S. The monoisotopic (exact) mass is 372 g/mol. The van der Waals surface area contributed by atoms with Gasteiger partial charge in [0, 0.05) is 5.75 Å². The molecule has 1 N–H and O–H groups in total. The fourth-order valence-electron chi connectivity index (χ4n) is 3.13. The van der Waals surface area contributed by atoms with Gasteiger partial charge in [0.05, 0.1) is 20.7 Å². The highest BCUT2D eigenvalue weighted by Crippen LogP contribution is 2.42. The number of nitrogens with one attached hydrogen (secondary N) is 1. The van der Waals surface area contributed by atoms with Crippen molar-refractivity contribution in [3.05, 3.63) is 27.7 Å². The van der Waals surface area contributed by atoms with E-state index in [-0.39, 0.29) is 5.54 Å². The molecule has 1 aliphatic heterocycles. The lowest BCUT2D eigenvalue weighted by molar-refractivity contribution is 0.266. The summed E-state index contributed by atoms with van der Waals surface area (Å²) in [5.74, 6) is 1.91. The van der Waals surface area contributed by atoms with Crippen LogP contribution in [0.1, 0.15) is 32.6 Å².